The van der Waals surface area contributed by atoms with Crippen LogP contribution < -0.4 is 19.5 Å². The maximum absolute atomic E-state index is 12.9. The molecule has 1 saturated heterocycles. The first-order valence-electron chi connectivity index (χ1n) is 11.7. The van der Waals surface area contributed by atoms with Crippen LogP contribution in [0.2, 0.25) is 5.02 Å². The Morgan fingerprint density at radius 3 is 2.42 bits per heavy atom. The molecule has 1 aliphatic heterocycles. The van der Waals surface area contributed by atoms with Gasteiger partial charge in [-0.25, -0.2) is 0 Å². The summed E-state index contributed by atoms with van der Waals surface area (Å²) in [5, 5.41) is 2.82. The average molecular weight is 553 g/mol. The van der Waals surface area contributed by atoms with Crippen molar-refractivity contribution in [3.63, 3.8) is 0 Å². The highest BCUT2D eigenvalue weighted by molar-refractivity contribution is 8.18. The summed E-state index contributed by atoms with van der Waals surface area (Å²) in [6.07, 6.45) is 1.58. The standard InChI is InChI=1S/C28H25ClN2O6S/c1-3-36-22-11-9-21(10-12-22)30-26(32)16-31-27(33)25(38-28(31)34)15-19-6-13-23(24(14-19)35-2)37-17-18-4-7-20(29)8-5-18/h4-15H,3,16-17H2,1-2H3,(H,30,32)/b25-15+. The summed E-state index contributed by atoms with van der Waals surface area (Å²) in [6, 6.07) is 19.4. The zero-order valence-electron chi connectivity index (χ0n) is 20.7. The predicted octanol–water partition coefficient (Wildman–Crippen LogP) is 6.00. The molecule has 3 aromatic rings. The van der Waals surface area contributed by atoms with Crippen LogP contribution in [-0.4, -0.2) is 42.2 Å². The zero-order valence-corrected chi connectivity index (χ0v) is 22.3. The summed E-state index contributed by atoms with van der Waals surface area (Å²) in [5.41, 5.74) is 2.12. The molecule has 38 heavy (non-hydrogen) atoms. The molecule has 8 nitrogen and oxygen atoms in total. The Labute approximate surface area is 229 Å². The number of methoxy groups -OCH3 is 1. The predicted molar refractivity (Wildman–Crippen MR) is 148 cm³/mol. The van der Waals surface area contributed by atoms with Crippen LogP contribution in [-0.2, 0) is 16.2 Å². The first kappa shape index (κ1) is 27.1. The number of hydrogen-bond acceptors (Lipinski definition) is 7. The molecule has 3 aromatic carbocycles. The van der Waals surface area contributed by atoms with E-state index in [0.29, 0.717) is 46.7 Å². The SMILES string of the molecule is CCOc1ccc(NC(=O)CN2C(=O)S/C(=C/c3ccc(OCc4ccc(Cl)cc4)c(OC)c3)C2=O)cc1. The quantitative estimate of drug-likeness (QED) is 0.308. The number of nitrogens with zero attached hydrogens (tertiary/aromatic N) is 1. The lowest BCUT2D eigenvalue weighted by Gasteiger charge is -2.13. The van der Waals surface area contributed by atoms with Gasteiger partial charge in [0, 0.05) is 10.7 Å². The molecule has 1 fully saturated rings. The number of carbonyl (C=O) groups excluding carboxylic acids is 3. The van der Waals surface area contributed by atoms with Crippen molar-refractivity contribution in [1.82, 2.24) is 4.90 Å². The second kappa shape index (κ2) is 12.5. The van der Waals surface area contributed by atoms with E-state index in [1.807, 2.05) is 19.1 Å². The number of imide groups is 1. The number of carbonyl (C=O) groups is 3. The summed E-state index contributed by atoms with van der Waals surface area (Å²) in [6.45, 7) is 2.35. The first-order chi connectivity index (χ1) is 18.4. The zero-order chi connectivity index (χ0) is 27.1. The van der Waals surface area contributed by atoms with Crippen molar-refractivity contribution in [2.75, 3.05) is 25.6 Å². The largest absolute Gasteiger partial charge is 0.494 e. The lowest BCUT2D eigenvalue weighted by atomic mass is 10.1. The van der Waals surface area contributed by atoms with Crippen LogP contribution in [0.25, 0.3) is 6.08 Å². The average Bonchev–Trinajstić information content (AvgIpc) is 3.17. The number of rotatable bonds is 10. The number of benzene rings is 3. The molecule has 0 unspecified atom stereocenters. The maximum atomic E-state index is 12.9. The van der Waals surface area contributed by atoms with Crippen LogP contribution in [0.1, 0.15) is 18.1 Å². The van der Waals surface area contributed by atoms with E-state index in [-0.39, 0.29) is 4.91 Å². The van der Waals surface area contributed by atoms with Crippen LogP contribution in [0.3, 0.4) is 0 Å². The Hall–Kier alpha value is -3.95. The number of halogens is 1. The Bertz CT molecular complexity index is 1360. The van der Waals surface area contributed by atoms with Gasteiger partial charge in [0.25, 0.3) is 11.1 Å². The molecule has 1 N–H and O–H groups in total. The number of thioether (sulfide) groups is 1. The maximum Gasteiger partial charge on any atom is 0.294 e. The minimum absolute atomic E-state index is 0.209. The van der Waals surface area contributed by atoms with E-state index in [9.17, 15) is 14.4 Å². The van der Waals surface area contributed by atoms with Crippen molar-refractivity contribution in [3.8, 4) is 17.2 Å². The molecule has 0 atom stereocenters. The molecular formula is C28H25ClN2O6S. The lowest BCUT2D eigenvalue weighted by molar-refractivity contribution is -0.127. The highest BCUT2D eigenvalue weighted by Crippen LogP contribution is 2.35. The van der Waals surface area contributed by atoms with E-state index in [1.54, 1.807) is 60.7 Å². The van der Waals surface area contributed by atoms with Crippen LogP contribution in [0, 0.1) is 0 Å². The normalized spacial score (nSPS) is 14.1. The third-order valence-electron chi connectivity index (χ3n) is 5.42. The number of hydrogen-bond donors (Lipinski definition) is 1. The molecule has 3 amide bonds. The second-order valence-corrected chi connectivity index (χ2v) is 9.53. The molecule has 196 valence electrons. The molecule has 1 heterocycles. The fourth-order valence-corrected chi connectivity index (χ4v) is 4.53. The van der Waals surface area contributed by atoms with Gasteiger partial charge in [-0.05, 0) is 84.4 Å². The van der Waals surface area contributed by atoms with Gasteiger partial charge in [-0.15, -0.1) is 0 Å². The van der Waals surface area contributed by atoms with Gasteiger partial charge in [-0.3, -0.25) is 19.3 Å². The number of nitrogens with one attached hydrogen (secondary N) is 1. The molecule has 1 aliphatic rings. The Morgan fingerprint density at radius 2 is 1.74 bits per heavy atom. The first-order valence-corrected chi connectivity index (χ1v) is 12.9. The van der Waals surface area contributed by atoms with Gasteiger partial charge < -0.3 is 19.5 Å². The minimum atomic E-state index is -0.538. The van der Waals surface area contributed by atoms with Crippen LogP contribution in [0.15, 0.2) is 71.6 Å². The van der Waals surface area contributed by atoms with Crippen LogP contribution in [0.4, 0.5) is 10.5 Å². The van der Waals surface area contributed by atoms with Crippen molar-refractivity contribution in [2.24, 2.45) is 0 Å². The van der Waals surface area contributed by atoms with Crippen molar-refractivity contribution >= 4 is 52.2 Å². The molecule has 0 radical (unpaired) electrons. The molecule has 0 bridgehead atoms. The fraction of sp³-hybridized carbons (Fsp3) is 0.179. The Balaban J connectivity index is 1.39. The number of ether oxygens (including phenoxy) is 3. The molecule has 0 aromatic heterocycles. The van der Waals surface area contributed by atoms with Crippen molar-refractivity contribution in [3.05, 3.63) is 87.8 Å². The van der Waals surface area contributed by atoms with E-state index in [1.165, 1.54) is 7.11 Å². The second-order valence-electron chi connectivity index (χ2n) is 8.10. The highest BCUT2D eigenvalue weighted by Gasteiger charge is 2.36. The molecule has 4 rings (SSSR count). The van der Waals surface area contributed by atoms with E-state index in [4.69, 9.17) is 25.8 Å². The van der Waals surface area contributed by atoms with Crippen molar-refractivity contribution < 1.29 is 28.6 Å². The van der Waals surface area contributed by atoms with Gasteiger partial charge in [0.15, 0.2) is 11.5 Å². The van der Waals surface area contributed by atoms with Crippen molar-refractivity contribution in [2.45, 2.75) is 13.5 Å². The third-order valence-corrected chi connectivity index (χ3v) is 6.58. The summed E-state index contributed by atoms with van der Waals surface area (Å²) in [7, 11) is 1.52. The highest BCUT2D eigenvalue weighted by atomic mass is 35.5. The van der Waals surface area contributed by atoms with E-state index < -0.39 is 23.6 Å². The van der Waals surface area contributed by atoms with Gasteiger partial charge in [-0.2, -0.15) is 0 Å². The van der Waals surface area contributed by atoms with Crippen LogP contribution in [0.5, 0.6) is 17.2 Å². The molecule has 10 heteroatoms. The topological polar surface area (TPSA) is 94.2 Å². The van der Waals surface area contributed by atoms with E-state index >= 15 is 0 Å². The van der Waals surface area contributed by atoms with E-state index in [0.717, 1.165) is 22.2 Å². The van der Waals surface area contributed by atoms with Gasteiger partial charge in [-0.1, -0.05) is 29.8 Å². The monoisotopic (exact) mass is 552 g/mol. The molecular weight excluding hydrogens is 528 g/mol. The van der Waals surface area contributed by atoms with Gasteiger partial charge in [0.05, 0.1) is 18.6 Å². The molecule has 0 aliphatic carbocycles. The van der Waals surface area contributed by atoms with Gasteiger partial charge in [0.2, 0.25) is 5.91 Å². The molecule has 0 spiro atoms. The summed E-state index contributed by atoms with van der Waals surface area (Å²) < 4.78 is 16.7. The minimum Gasteiger partial charge on any atom is -0.494 e. The van der Waals surface area contributed by atoms with E-state index in [2.05, 4.69) is 5.32 Å². The summed E-state index contributed by atoms with van der Waals surface area (Å²) in [4.78, 5) is 39.0. The summed E-state index contributed by atoms with van der Waals surface area (Å²) >= 11 is 6.70. The Kier molecular flexibility index (Phi) is 8.93. The third kappa shape index (κ3) is 6.87. The van der Waals surface area contributed by atoms with Gasteiger partial charge in [0.1, 0.15) is 18.9 Å². The summed E-state index contributed by atoms with van der Waals surface area (Å²) in [5.74, 6) is 0.658. The number of amides is 3. The lowest BCUT2D eigenvalue weighted by Crippen LogP contribution is -2.36. The molecule has 0 saturated carbocycles. The Morgan fingerprint density at radius 1 is 1.00 bits per heavy atom. The smallest absolute Gasteiger partial charge is 0.294 e. The van der Waals surface area contributed by atoms with Gasteiger partial charge >= 0.3 is 0 Å². The fourth-order valence-electron chi connectivity index (χ4n) is 3.57. The van der Waals surface area contributed by atoms with Crippen LogP contribution >= 0.6 is 23.4 Å². The van der Waals surface area contributed by atoms with Crippen molar-refractivity contribution in [1.29, 1.82) is 0 Å². The number of anilines is 1.